The van der Waals surface area contributed by atoms with Crippen molar-refractivity contribution in [3.63, 3.8) is 0 Å². The Kier molecular flexibility index (Phi) is 5.43. The van der Waals surface area contributed by atoms with Gasteiger partial charge in [-0.1, -0.05) is 31.2 Å². The van der Waals surface area contributed by atoms with Crippen LogP contribution >= 0.6 is 0 Å². The number of aromatic nitrogens is 1. The predicted octanol–water partition coefficient (Wildman–Crippen LogP) is 2.36. The van der Waals surface area contributed by atoms with Gasteiger partial charge in [0.25, 0.3) is 0 Å². The largest absolute Gasteiger partial charge is 0.355 e. The van der Waals surface area contributed by atoms with E-state index in [0.29, 0.717) is 19.5 Å². The van der Waals surface area contributed by atoms with Gasteiger partial charge in [-0.25, -0.2) is 0 Å². The van der Waals surface area contributed by atoms with E-state index in [2.05, 4.69) is 17.2 Å². The molecule has 3 rings (SSSR count). The molecule has 25 heavy (non-hydrogen) atoms. The number of carbonyl (C=O) groups excluding carboxylic acids is 2. The van der Waals surface area contributed by atoms with Gasteiger partial charge in [-0.15, -0.1) is 0 Å². The first kappa shape index (κ1) is 17.1. The van der Waals surface area contributed by atoms with Gasteiger partial charge >= 0.3 is 0 Å². The predicted molar refractivity (Wildman–Crippen MR) is 97.2 cm³/mol. The molecule has 1 N–H and O–H groups in total. The standard InChI is InChI=1S/C20H23N3O2/c1-2-15-7-3-4-9-18(15)23-14-16(13-19(23)24)20(25)22-12-10-17-8-5-6-11-21-17/h3-9,11,16H,2,10,12-14H2,1H3,(H,22,25). The number of benzene rings is 1. The molecule has 2 heterocycles. The number of rotatable bonds is 6. The Bertz CT molecular complexity index is 746. The maximum Gasteiger partial charge on any atom is 0.227 e. The molecule has 1 aromatic heterocycles. The fourth-order valence-electron chi connectivity index (χ4n) is 3.19. The van der Waals surface area contributed by atoms with Crippen LogP contribution in [0.4, 0.5) is 5.69 Å². The van der Waals surface area contributed by atoms with Crippen molar-refractivity contribution >= 4 is 17.5 Å². The highest BCUT2D eigenvalue weighted by atomic mass is 16.2. The Hall–Kier alpha value is -2.69. The summed E-state index contributed by atoms with van der Waals surface area (Å²) < 4.78 is 0. The second-order valence-electron chi connectivity index (χ2n) is 6.25. The average molecular weight is 337 g/mol. The van der Waals surface area contributed by atoms with Gasteiger partial charge in [0.2, 0.25) is 11.8 Å². The van der Waals surface area contributed by atoms with Gasteiger partial charge < -0.3 is 10.2 Å². The molecule has 1 saturated heterocycles. The molecular weight excluding hydrogens is 314 g/mol. The monoisotopic (exact) mass is 337 g/mol. The third kappa shape index (κ3) is 4.05. The van der Waals surface area contributed by atoms with Crippen LogP contribution in [0.15, 0.2) is 48.7 Å². The topological polar surface area (TPSA) is 62.3 Å². The van der Waals surface area contributed by atoms with Gasteiger partial charge in [0.05, 0.1) is 5.92 Å². The van der Waals surface area contributed by atoms with Crippen LogP contribution in [0.3, 0.4) is 0 Å². The summed E-state index contributed by atoms with van der Waals surface area (Å²) in [5.74, 6) is -0.326. The minimum absolute atomic E-state index is 0.0192. The molecule has 0 aliphatic carbocycles. The Balaban J connectivity index is 1.57. The van der Waals surface area contributed by atoms with Crippen LogP contribution in [0, 0.1) is 5.92 Å². The number of amides is 2. The SMILES string of the molecule is CCc1ccccc1N1CC(C(=O)NCCc2ccccn2)CC1=O. The van der Waals surface area contributed by atoms with Gasteiger partial charge in [-0.05, 0) is 30.2 Å². The number of hydrogen-bond donors (Lipinski definition) is 1. The van der Waals surface area contributed by atoms with Gasteiger partial charge in [-0.2, -0.15) is 0 Å². The molecule has 0 radical (unpaired) electrons. The molecule has 5 heteroatoms. The van der Waals surface area contributed by atoms with E-state index in [1.807, 2.05) is 42.5 Å². The summed E-state index contributed by atoms with van der Waals surface area (Å²) in [5, 5.41) is 2.94. The first-order chi connectivity index (χ1) is 12.2. The first-order valence-electron chi connectivity index (χ1n) is 8.75. The molecule has 0 saturated carbocycles. The number of nitrogens with zero attached hydrogens (tertiary/aromatic N) is 2. The fourth-order valence-corrected chi connectivity index (χ4v) is 3.19. The summed E-state index contributed by atoms with van der Waals surface area (Å²) in [4.78, 5) is 30.8. The zero-order chi connectivity index (χ0) is 17.6. The number of aryl methyl sites for hydroxylation is 1. The normalized spacial score (nSPS) is 16.9. The molecule has 0 bridgehead atoms. The van der Waals surface area contributed by atoms with Crippen molar-refractivity contribution in [2.45, 2.75) is 26.2 Å². The third-order valence-corrected chi connectivity index (χ3v) is 4.57. The van der Waals surface area contributed by atoms with Crippen LogP contribution in [0.1, 0.15) is 24.6 Å². The van der Waals surface area contributed by atoms with Crippen LogP contribution < -0.4 is 10.2 Å². The minimum atomic E-state index is -0.291. The fraction of sp³-hybridized carbons (Fsp3) is 0.350. The highest BCUT2D eigenvalue weighted by molar-refractivity contribution is 6.00. The van der Waals surface area contributed by atoms with Crippen molar-refractivity contribution < 1.29 is 9.59 Å². The summed E-state index contributed by atoms with van der Waals surface area (Å²) in [6.07, 6.45) is 3.57. The molecule has 1 aromatic carbocycles. The molecule has 1 atom stereocenters. The summed E-state index contributed by atoms with van der Waals surface area (Å²) in [6.45, 7) is 3.05. The Morgan fingerprint density at radius 3 is 2.80 bits per heavy atom. The van der Waals surface area contributed by atoms with Gasteiger partial charge in [0.1, 0.15) is 0 Å². The number of pyridine rings is 1. The lowest BCUT2D eigenvalue weighted by atomic mass is 10.1. The number of hydrogen-bond acceptors (Lipinski definition) is 3. The summed E-state index contributed by atoms with van der Waals surface area (Å²) in [5.41, 5.74) is 3.01. The molecule has 0 spiro atoms. The van der Waals surface area contributed by atoms with E-state index >= 15 is 0 Å². The Morgan fingerprint density at radius 1 is 1.24 bits per heavy atom. The molecule has 2 aromatic rings. The van der Waals surface area contributed by atoms with E-state index in [9.17, 15) is 9.59 Å². The number of nitrogens with one attached hydrogen (secondary N) is 1. The first-order valence-corrected chi connectivity index (χ1v) is 8.75. The number of carbonyl (C=O) groups is 2. The smallest absolute Gasteiger partial charge is 0.227 e. The molecule has 1 aliphatic heterocycles. The minimum Gasteiger partial charge on any atom is -0.355 e. The van der Waals surface area contributed by atoms with E-state index < -0.39 is 0 Å². The summed E-state index contributed by atoms with van der Waals surface area (Å²) >= 11 is 0. The molecule has 1 unspecified atom stereocenters. The highest BCUT2D eigenvalue weighted by Gasteiger charge is 2.35. The zero-order valence-electron chi connectivity index (χ0n) is 14.4. The van der Waals surface area contributed by atoms with E-state index in [1.54, 1.807) is 11.1 Å². The second kappa shape index (κ2) is 7.92. The molecule has 1 fully saturated rings. The van der Waals surface area contributed by atoms with Crippen molar-refractivity contribution in [1.29, 1.82) is 0 Å². The molecular formula is C20H23N3O2. The lowest BCUT2D eigenvalue weighted by Crippen LogP contribution is -2.34. The van der Waals surface area contributed by atoms with Crippen LogP contribution in [-0.4, -0.2) is 29.9 Å². The van der Waals surface area contributed by atoms with Gasteiger partial charge in [0, 0.05) is 43.5 Å². The molecule has 1 aliphatic rings. The Labute approximate surface area is 148 Å². The quantitative estimate of drug-likeness (QED) is 0.880. The number of anilines is 1. The molecule has 5 nitrogen and oxygen atoms in total. The van der Waals surface area contributed by atoms with Gasteiger partial charge in [0.15, 0.2) is 0 Å². The van der Waals surface area contributed by atoms with Crippen LogP contribution in [0.5, 0.6) is 0 Å². The van der Waals surface area contributed by atoms with Crippen molar-refractivity contribution in [1.82, 2.24) is 10.3 Å². The van der Waals surface area contributed by atoms with E-state index in [1.165, 1.54) is 0 Å². The van der Waals surface area contributed by atoms with Crippen molar-refractivity contribution in [2.75, 3.05) is 18.0 Å². The zero-order valence-corrected chi connectivity index (χ0v) is 14.4. The maximum atomic E-state index is 12.4. The van der Waals surface area contributed by atoms with Crippen LogP contribution in [0.25, 0.3) is 0 Å². The van der Waals surface area contributed by atoms with E-state index in [0.717, 1.165) is 23.4 Å². The van der Waals surface area contributed by atoms with Crippen LogP contribution in [0.2, 0.25) is 0 Å². The molecule has 130 valence electrons. The van der Waals surface area contributed by atoms with E-state index in [-0.39, 0.29) is 24.2 Å². The Morgan fingerprint density at radius 2 is 2.04 bits per heavy atom. The van der Waals surface area contributed by atoms with Crippen molar-refractivity contribution in [3.05, 3.63) is 59.9 Å². The van der Waals surface area contributed by atoms with E-state index in [4.69, 9.17) is 0 Å². The maximum absolute atomic E-state index is 12.4. The lowest BCUT2D eigenvalue weighted by Gasteiger charge is -2.20. The molecule has 2 amide bonds. The number of para-hydroxylation sites is 1. The second-order valence-corrected chi connectivity index (χ2v) is 6.25. The summed E-state index contributed by atoms with van der Waals surface area (Å²) in [6, 6.07) is 13.6. The summed E-state index contributed by atoms with van der Waals surface area (Å²) in [7, 11) is 0. The van der Waals surface area contributed by atoms with Crippen LogP contribution in [-0.2, 0) is 22.4 Å². The third-order valence-electron chi connectivity index (χ3n) is 4.57. The van der Waals surface area contributed by atoms with Gasteiger partial charge in [-0.3, -0.25) is 14.6 Å². The van der Waals surface area contributed by atoms with Crippen molar-refractivity contribution in [2.24, 2.45) is 5.92 Å². The van der Waals surface area contributed by atoms with Crippen molar-refractivity contribution in [3.8, 4) is 0 Å². The highest BCUT2D eigenvalue weighted by Crippen LogP contribution is 2.28. The lowest BCUT2D eigenvalue weighted by molar-refractivity contribution is -0.126. The average Bonchev–Trinajstić information content (AvgIpc) is 3.04.